The van der Waals surface area contributed by atoms with Crippen molar-refractivity contribution < 1.29 is 13.9 Å². The number of nitrogens with two attached hydrogens (primary N) is 1. The lowest BCUT2D eigenvalue weighted by Gasteiger charge is -2.06. The quantitative estimate of drug-likeness (QED) is 0.868. The van der Waals surface area contributed by atoms with E-state index < -0.39 is 11.8 Å². The second-order valence-electron chi connectivity index (χ2n) is 4.35. The molecular weight excluding hydrogens is 261 g/mol. The van der Waals surface area contributed by atoms with E-state index in [2.05, 4.69) is 5.10 Å². The van der Waals surface area contributed by atoms with Gasteiger partial charge in [0.2, 0.25) is 0 Å². The minimum absolute atomic E-state index is 0.141. The fraction of sp³-hybridized carbons (Fsp3) is 0.286. The van der Waals surface area contributed by atoms with E-state index in [1.165, 1.54) is 10.7 Å². The highest BCUT2D eigenvalue weighted by molar-refractivity contribution is 5.93. The first-order chi connectivity index (χ1) is 9.54. The molecule has 0 aliphatic carbocycles. The van der Waals surface area contributed by atoms with E-state index in [0.29, 0.717) is 23.4 Å². The van der Waals surface area contributed by atoms with Gasteiger partial charge in [0, 0.05) is 12.6 Å². The average Bonchev–Trinajstić information content (AvgIpc) is 2.72. The van der Waals surface area contributed by atoms with Crippen LogP contribution in [0, 0.1) is 5.82 Å². The molecule has 0 saturated heterocycles. The molecule has 0 atom stereocenters. The van der Waals surface area contributed by atoms with E-state index in [4.69, 9.17) is 10.5 Å². The summed E-state index contributed by atoms with van der Waals surface area (Å²) in [6, 6.07) is 6.14. The summed E-state index contributed by atoms with van der Waals surface area (Å²) in [5.41, 5.74) is 7.32. The number of halogens is 1. The lowest BCUT2D eigenvalue weighted by atomic mass is 10.2. The van der Waals surface area contributed by atoms with Gasteiger partial charge in [0.05, 0.1) is 11.4 Å². The predicted molar refractivity (Wildman–Crippen MR) is 72.5 cm³/mol. The first-order valence-electron chi connectivity index (χ1n) is 6.26. The number of nitrogens with zero attached hydrogens (tertiary/aromatic N) is 2. The molecule has 1 aromatic heterocycles. The Hall–Kier alpha value is -2.37. The number of carbonyl (C=O) groups is 1. The monoisotopic (exact) mass is 277 g/mol. The van der Waals surface area contributed by atoms with Crippen molar-refractivity contribution in [1.82, 2.24) is 9.78 Å². The van der Waals surface area contributed by atoms with E-state index >= 15 is 0 Å². The Morgan fingerprint density at radius 2 is 2.15 bits per heavy atom. The SMILES string of the molecule is CCc1nn(C)c(C(=O)OCc2ccccc2F)c1N. The Morgan fingerprint density at radius 3 is 2.75 bits per heavy atom. The van der Waals surface area contributed by atoms with Crippen molar-refractivity contribution in [2.75, 3.05) is 5.73 Å². The highest BCUT2D eigenvalue weighted by Gasteiger charge is 2.20. The topological polar surface area (TPSA) is 70.1 Å². The number of benzene rings is 1. The van der Waals surface area contributed by atoms with E-state index in [0.717, 1.165) is 0 Å². The van der Waals surface area contributed by atoms with Crippen LogP contribution in [0.4, 0.5) is 10.1 Å². The number of esters is 1. The maximum absolute atomic E-state index is 13.4. The van der Waals surface area contributed by atoms with Gasteiger partial charge >= 0.3 is 5.97 Å². The fourth-order valence-corrected chi connectivity index (χ4v) is 1.93. The van der Waals surface area contributed by atoms with Crippen LogP contribution in [0.1, 0.15) is 28.7 Å². The number of anilines is 1. The average molecular weight is 277 g/mol. The van der Waals surface area contributed by atoms with E-state index in [-0.39, 0.29) is 12.3 Å². The van der Waals surface area contributed by atoms with Crippen LogP contribution in [-0.2, 0) is 24.8 Å². The van der Waals surface area contributed by atoms with E-state index in [1.54, 1.807) is 25.2 Å². The van der Waals surface area contributed by atoms with Crippen molar-refractivity contribution in [3.8, 4) is 0 Å². The molecule has 106 valence electrons. The van der Waals surface area contributed by atoms with Crippen molar-refractivity contribution in [1.29, 1.82) is 0 Å². The standard InChI is InChI=1S/C14H16FN3O2/c1-3-11-12(16)13(18(2)17-11)14(19)20-8-9-6-4-5-7-10(9)15/h4-7H,3,8,16H2,1-2H3. The van der Waals surface area contributed by atoms with Crippen LogP contribution in [0.15, 0.2) is 24.3 Å². The molecule has 6 heteroatoms. The maximum Gasteiger partial charge on any atom is 0.359 e. The molecule has 0 aliphatic heterocycles. The molecule has 1 heterocycles. The summed E-state index contributed by atoms with van der Waals surface area (Å²) in [6.07, 6.45) is 0.625. The van der Waals surface area contributed by atoms with E-state index in [1.807, 2.05) is 6.92 Å². The molecule has 2 rings (SSSR count). The van der Waals surface area contributed by atoms with E-state index in [9.17, 15) is 9.18 Å². The Labute approximate surface area is 116 Å². The van der Waals surface area contributed by atoms with Crippen molar-refractivity contribution in [2.24, 2.45) is 7.05 Å². The van der Waals surface area contributed by atoms with Crippen LogP contribution in [0.3, 0.4) is 0 Å². The van der Waals surface area contributed by atoms with Crippen molar-refractivity contribution in [2.45, 2.75) is 20.0 Å². The predicted octanol–water partition coefficient (Wildman–Crippen LogP) is 2.06. The second kappa shape index (κ2) is 5.73. The number of aromatic nitrogens is 2. The molecule has 0 aliphatic rings. The van der Waals surface area contributed by atoms with Crippen LogP contribution in [0.5, 0.6) is 0 Å². The summed E-state index contributed by atoms with van der Waals surface area (Å²) in [7, 11) is 1.62. The summed E-state index contributed by atoms with van der Waals surface area (Å²) in [6.45, 7) is 1.75. The molecule has 1 aromatic carbocycles. The van der Waals surface area contributed by atoms with Gasteiger partial charge in [0.1, 0.15) is 12.4 Å². The van der Waals surface area contributed by atoms with Crippen molar-refractivity contribution >= 4 is 11.7 Å². The molecule has 0 spiro atoms. The zero-order chi connectivity index (χ0) is 14.7. The number of ether oxygens (including phenoxy) is 1. The number of hydrogen-bond donors (Lipinski definition) is 1. The Kier molecular flexibility index (Phi) is 4.02. The summed E-state index contributed by atoms with van der Waals surface area (Å²) in [4.78, 5) is 12.0. The number of rotatable bonds is 4. The minimum atomic E-state index is -0.611. The number of carbonyl (C=O) groups excluding carboxylic acids is 1. The Morgan fingerprint density at radius 1 is 1.45 bits per heavy atom. The number of nitrogen functional groups attached to an aromatic ring is 1. The van der Waals surface area contributed by atoms with Gasteiger partial charge in [-0.25, -0.2) is 9.18 Å². The smallest absolute Gasteiger partial charge is 0.359 e. The first-order valence-corrected chi connectivity index (χ1v) is 6.26. The minimum Gasteiger partial charge on any atom is -0.456 e. The largest absolute Gasteiger partial charge is 0.456 e. The van der Waals surface area contributed by atoms with Gasteiger partial charge in [-0.05, 0) is 12.5 Å². The molecule has 0 amide bonds. The van der Waals surface area contributed by atoms with Crippen LogP contribution in [0.25, 0.3) is 0 Å². The van der Waals surface area contributed by atoms with Crippen LogP contribution >= 0.6 is 0 Å². The molecule has 5 nitrogen and oxygen atoms in total. The third-order valence-electron chi connectivity index (χ3n) is 3.01. The van der Waals surface area contributed by atoms with Gasteiger partial charge in [-0.15, -0.1) is 0 Å². The van der Waals surface area contributed by atoms with Crippen molar-refractivity contribution in [3.05, 3.63) is 47.0 Å². The summed E-state index contributed by atoms with van der Waals surface area (Å²) in [5.74, 6) is -1.02. The molecule has 0 bridgehead atoms. The summed E-state index contributed by atoms with van der Waals surface area (Å²) >= 11 is 0. The zero-order valence-corrected chi connectivity index (χ0v) is 11.4. The third-order valence-corrected chi connectivity index (χ3v) is 3.01. The zero-order valence-electron chi connectivity index (χ0n) is 11.4. The fourth-order valence-electron chi connectivity index (χ4n) is 1.93. The van der Waals surface area contributed by atoms with Gasteiger partial charge in [-0.2, -0.15) is 5.10 Å². The van der Waals surface area contributed by atoms with Crippen LogP contribution in [0.2, 0.25) is 0 Å². The highest BCUT2D eigenvalue weighted by Crippen LogP contribution is 2.18. The van der Waals surface area contributed by atoms with Gasteiger partial charge in [0.25, 0.3) is 0 Å². The lowest BCUT2D eigenvalue weighted by molar-refractivity contribution is 0.0457. The molecular formula is C14H16FN3O2. The first kappa shape index (κ1) is 14.0. The van der Waals surface area contributed by atoms with Gasteiger partial charge < -0.3 is 10.5 Å². The van der Waals surface area contributed by atoms with Crippen LogP contribution < -0.4 is 5.73 Å². The number of aryl methyl sites for hydroxylation is 2. The molecule has 2 aromatic rings. The second-order valence-corrected chi connectivity index (χ2v) is 4.35. The normalized spacial score (nSPS) is 10.6. The molecule has 2 N–H and O–H groups in total. The Balaban J connectivity index is 2.13. The highest BCUT2D eigenvalue weighted by atomic mass is 19.1. The number of hydrogen-bond acceptors (Lipinski definition) is 4. The molecule has 20 heavy (non-hydrogen) atoms. The van der Waals surface area contributed by atoms with Gasteiger partial charge in [-0.1, -0.05) is 25.1 Å². The third kappa shape index (κ3) is 2.64. The Bertz CT molecular complexity index is 637. The lowest BCUT2D eigenvalue weighted by Crippen LogP contribution is -2.13. The summed E-state index contributed by atoms with van der Waals surface area (Å²) < 4.78 is 19.9. The van der Waals surface area contributed by atoms with Crippen molar-refractivity contribution in [3.63, 3.8) is 0 Å². The maximum atomic E-state index is 13.4. The molecule has 0 radical (unpaired) electrons. The molecule has 0 saturated carbocycles. The summed E-state index contributed by atoms with van der Waals surface area (Å²) in [5, 5.41) is 4.14. The molecule has 0 unspecified atom stereocenters. The molecule has 0 fully saturated rings. The van der Waals surface area contributed by atoms with Gasteiger partial charge in [-0.3, -0.25) is 4.68 Å². The van der Waals surface area contributed by atoms with Gasteiger partial charge in [0.15, 0.2) is 5.69 Å². The van der Waals surface area contributed by atoms with Crippen LogP contribution in [-0.4, -0.2) is 15.7 Å².